The molecule has 0 aliphatic rings. The molecule has 1 atom stereocenters. The zero-order valence-electron chi connectivity index (χ0n) is 11.8. The molecule has 0 bridgehead atoms. The van der Waals surface area contributed by atoms with Gasteiger partial charge in [-0.2, -0.15) is 0 Å². The summed E-state index contributed by atoms with van der Waals surface area (Å²) in [4.78, 5) is 15.4. The fourth-order valence-electron chi connectivity index (χ4n) is 1.82. The highest BCUT2D eigenvalue weighted by Gasteiger charge is 2.19. The smallest absolute Gasteiger partial charge is 0.241 e. The van der Waals surface area contributed by atoms with Crippen molar-refractivity contribution in [2.45, 2.75) is 19.5 Å². The van der Waals surface area contributed by atoms with Gasteiger partial charge in [-0.15, -0.1) is 11.3 Å². The molecule has 0 fully saturated rings. The molecular formula is C15H16Cl2N2OS. The van der Waals surface area contributed by atoms with Crippen molar-refractivity contribution in [3.63, 3.8) is 0 Å². The number of hydrogen-bond donors (Lipinski definition) is 1. The van der Waals surface area contributed by atoms with Crippen LogP contribution >= 0.6 is 34.5 Å². The second kappa shape index (κ2) is 7.27. The van der Waals surface area contributed by atoms with Crippen molar-refractivity contribution in [1.82, 2.24) is 4.90 Å². The molecule has 2 rings (SSSR count). The van der Waals surface area contributed by atoms with Gasteiger partial charge in [0.2, 0.25) is 5.91 Å². The van der Waals surface area contributed by atoms with Crippen LogP contribution in [0.4, 0.5) is 5.69 Å². The fraction of sp³-hybridized carbons (Fsp3) is 0.267. The summed E-state index contributed by atoms with van der Waals surface area (Å²) < 4.78 is 0.756. The van der Waals surface area contributed by atoms with Crippen LogP contribution < -0.4 is 5.32 Å². The third-order valence-electron chi connectivity index (χ3n) is 3.21. The number of nitrogens with one attached hydrogen (secondary N) is 1. The number of carbonyl (C=O) groups is 1. The van der Waals surface area contributed by atoms with E-state index in [4.69, 9.17) is 23.2 Å². The van der Waals surface area contributed by atoms with Crippen molar-refractivity contribution in [3.05, 3.63) is 50.6 Å². The number of anilines is 1. The molecule has 1 amide bonds. The number of halogens is 2. The summed E-state index contributed by atoms with van der Waals surface area (Å²) >= 11 is 13.5. The average Bonchev–Trinajstić information content (AvgIpc) is 2.85. The number of para-hydroxylation sites is 1. The average molecular weight is 343 g/mol. The van der Waals surface area contributed by atoms with Crippen molar-refractivity contribution in [2.24, 2.45) is 0 Å². The van der Waals surface area contributed by atoms with E-state index < -0.39 is 0 Å². The summed E-state index contributed by atoms with van der Waals surface area (Å²) in [6, 6.07) is 10.8. The maximum Gasteiger partial charge on any atom is 0.241 e. The van der Waals surface area contributed by atoms with E-state index in [1.807, 2.05) is 43.1 Å². The molecule has 6 heteroatoms. The molecule has 2 aromatic rings. The third-order valence-corrected chi connectivity index (χ3v) is 4.75. The lowest BCUT2D eigenvalue weighted by atomic mass is 10.2. The van der Waals surface area contributed by atoms with Gasteiger partial charge in [-0.3, -0.25) is 9.69 Å². The zero-order valence-corrected chi connectivity index (χ0v) is 14.1. The Hall–Kier alpha value is -1.07. The van der Waals surface area contributed by atoms with Gasteiger partial charge in [0.05, 0.1) is 21.1 Å². The van der Waals surface area contributed by atoms with Crippen LogP contribution in [0.25, 0.3) is 0 Å². The van der Waals surface area contributed by atoms with Crippen molar-refractivity contribution in [2.75, 3.05) is 12.4 Å². The van der Waals surface area contributed by atoms with Gasteiger partial charge in [0.1, 0.15) is 0 Å². The maximum absolute atomic E-state index is 12.3. The summed E-state index contributed by atoms with van der Waals surface area (Å²) in [7, 11) is 1.91. The lowest BCUT2D eigenvalue weighted by molar-refractivity contribution is -0.120. The molecule has 1 aromatic heterocycles. The number of nitrogens with zero attached hydrogens (tertiary/aromatic N) is 1. The second-order valence-electron chi connectivity index (χ2n) is 4.77. The minimum absolute atomic E-state index is 0.0896. The van der Waals surface area contributed by atoms with E-state index >= 15 is 0 Å². The summed E-state index contributed by atoms with van der Waals surface area (Å²) in [6.07, 6.45) is 0. The fourth-order valence-corrected chi connectivity index (χ4v) is 3.15. The molecule has 1 heterocycles. The SMILES string of the molecule is CC(C(=O)Nc1ccccc1Cl)N(C)Cc1ccc(Cl)s1. The highest BCUT2D eigenvalue weighted by atomic mass is 35.5. The Morgan fingerprint density at radius 1 is 1.29 bits per heavy atom. The normalized spacial score (nSPS) is 12.4. The largest absolute Gasteiger partial charge is 0.323 e. The molecule has 21 heavy (non-hydrogen) atoms. The number of benzene rings is 1. The molecular weight excluding hydrogens is 327 g/mol. The number of rotatable bonds is 5. The van der Waals surface area contributed by atoms with Crippen LogP contribution in [0.15, 0.2) is 36.4 Å². The third kappa shape index (κ3) is 4.45. The van der Waals surface area contributed by atoms with E-state index in [0.717, 1.165) is 9.21 Å². The summed E-state index contributed by atoms with van der Waals surface area (Å²) in [5, 5.41) is 3.38. The number of carbonyl (C=O) groups excluding carboxylic acids is 1. The van der Waals surface area contributed by atoms with Crippen LogP contribution in [0.5, 0.6) is 0 Å². The number of amides is 1. The van der Waals surface area contributed by atoms with E-state index in [-0.39, 0.29) is 11.9 Å². The molecule has 0 radical (unpaired) electrons. The predicted molar refractivity (Wildman–Crippen MR) is 90.3 cm³/mol. The van der Waals surface area contributed by atoms with Gasteiger partial charge in [-0.1, -0.05) is 35.3 Å². The Labute approximate surface area is 138 Å². The lowest BCUT2D eigenvalue weighted by Gasteiger charge is -2.23. The van der Waals surface area contributed by atoms with Gasteiger partial charge in [-0.05, 0) is 38.2 Å². The first kappa shape index (κ1) is 16.3. The van der Waals surface area contributed by atoms with Crippen LogP contribution in [-0.4, -0.2) is 23.9 Å². The Balaban J connectivity index is 1.97. The standard InChI is InChI=1S/C15H16Cl2N2OS/c1-10(19(2)9-11-7-8-14(17)21-11)15(20)18-13-6-4-3-5-12(13)16/h3-8,10H,9H2,1-2H3,(H,18,20). The van der Waals surface area contributed by atoms with E-state index in [1.165, 1.54) is 11.3 Å². The van der Waals surface area contributed by atoms with Crippen molar-refractivity contribution in [3.8, 4) is 0 Å². The Morgan fingerprint density at radius 2 is 2.00 bits per heavy atom. The van der Waals surface area contributed by atoms with Crippen molar-refractivity contribution in [1.29, 1.82) is 0 Å². The minimum atomic E-state index is -0.276. The molecule has 0 saturated carbocycles. The maximum atomic E-state index is 12.3. The van der Waals surface area contributed by atoms with Gasteiger partial charge >= 0.3 is 0 Å². The Morgan fingerprint density at radius 3 is 2.62 bits per heavy atom. The van der Waals surface area contributed by atoms with E-state index in [9.17, 15) is 4.79 Å². The second-order valence-corrected chi connectivity index (χ2v) is 6.97. The van der Waals surface area contributed by atoms with Crippen molar-refractivity contribution < 1.29 is 4.79 Å². The number of likely N-dealkylation sites (N-methyl/N-ethyl adjacent to an activating group) is 1. The van der Waals surface area contributed by atoms with Crippen LogP contribution in [0.3, 0.4) is 0 Å². The van der Waals surface area contributed by atoms with Gasteiger partial charge in [0, 0.05) is 11.4 Å². The van der Waals surface area contributed by atoms with E-state index in [0.29, 0.717) is 17.3 Å². The molecule has 0 aliphatic carbocycles. The molecule has 112 valence electrons. The quantitative estimate of drug-likeness (QED) is 0.866. The van der Waals surface area contributed by atoms with Crippen LogP contribution in [0.1, 0.15) is 11.8 Å². The highest BCUT2D eigenvalue weighted by molar-refractivity contribution is 7.16. The Bertz CT molecular complexity index is 630. The highest BCUT2D eigenvalue weighted by Crippen LogP contribution is 2.24. The zero-order chi connectivity index (χ0) is 15.4. The number of thiophene rings is 1. The summed E-state index contributed by atoms with van der Waals surface area (Å²) in [5.41, 5.74) is 0.628. The van der Waals surface area contributed by atoms with Gasteiger partial charge < -0.3 is 5.32 Å². The first-order chi connectivity index (χ1) is 9.97. The number of hydrogen-bond acceptors (Lipinski definition) is 3. The lowest BCUT2D eigenvalue weighted by Crippen LogP contribution is -2.39. The van der Waals surface area contributed by atoms with Crippen molar-refractivity contribution >= 4 is 46.1 Å². The molecule has 0 spiro atoms. The topological polar surface area (TPSA) is 32.3 Å². The van der Waals surface area contributed by atoms with Gasteiger partial charge in [-0.25, -0.2) is 0 Å². The molecule has 1 unspecified atom stereocenters. The first-order valence-electron chi connectivity index (χ1n) is 6.47. The summed E-state index contributed by atoms with van der Waals surface area (Å²) in [6.45, 7) is 2.54. The van der Waals surface area contributed by atoms with Gasteiger partial charge in [0.15, 0.2) is 0 Å². The van der Waals surface area contributed by atoms with Crippen LogP contribution in [0.2, 0.25) is 9.36 Å². The molecule has 3 nitrogen and oxygen atoms in total. The molecule has 0 aliphatic heterocycles. The molecule has 0 saturated heterocycles. The molecule has 1 aromatic carbocycles. The Kier molecular flexibility index (Phi) is 5.65. The molecule has 1 N–H and O–H groups in total. The van der Waals surface area contributed by atoms with Crippen LogP contribution in [0, 0.1) is 0 Å². The van der Waals surface area contributed by atoms with Crippen LogP contribution in [-0.2, 0) is 11.3 Å². The first-order valence-corrected chi connectivity index (χ1v) is 8.04. The van der Waals surface area contributed by atoms with E-state index in [2.05, 4.69) is 5.32 Å². The summed E-state index contributed by atoms with van der Waals surface area (Å²) in [5.74, 6) is -0.0896. The monoisotopic (exact) mass is 342 g/mol. The van der Waals surface area contributed by atoms with E-state index in [1.54, 1.807) is 12.1 Å². The minimum Gasteiger partial charge on any atom is -0.323 e. The van der Waals surface area contributed by atoms with Gasteiger partial charge in [0.25, 0.3) is 0 Å². The predicted octanol–water partition coefficient (Wildman–Crippen LogP) is 4.51.